The third-order valence-electron chi connectivity index (χ3n) is 2.48. The molecule has 0 unspecified atom stereocenters. The molecule has 1 rings (SSSR count). The molecule has 3 nitrogen and oxygen atoms in total. The van der Waals surface area contributed by atoms with Crippen LogP contribution in [0, 0.1) is 0 Å². The fraction of sp³-hybridized carbons (Fsp3) is 0.364. The van der Waals surface area contributed by atoms with E-state index in [1.54, 1.807) is 0 Å². The Bertz CT molecular complexity index is 414. The highest BCUT2D eigenvalue weighted by Crippen LogP contribution is 2.34. The normalized spacial score (nSPS) is 11.8. The Morgan fingerprint density at radius 1 is 1.38 bits per heavy atom. The number of carboxylic acids is 1. The van der Waals surface area contributed by atoms with Gasteiger partial charge in [0.25, 0.3) is 6.43 Å². The number of alkyl halides is 2. The van der Waals surface area contributed by atoms with E-state index in [1.807, 2.05) is 0 Å². The predicted molar refractivity (Wildman–Crippen MR) is 53.7 cm³/mol. The summed E-state index contributed by atoms with van der Waals surface area (Å²) in [7, 11) is 0. The van der Waals surface area contributed by atoms with Crippen LogP contribution in [-0.2, 0) is 10.2 Å². The molecule has 0 fully saturated rings. The van der Waals surface area contributed by atoms with Crippen molar-refractivity contribution in [3.8, 4) is 5.75 Å². The van der Waals surface area contributed by atoms with Crippen molar-refractivity contribution in [1.82, 2.24) is 0 Å². The molecule has 88 valence electrons. The summed E-state index contributed by atoms with van der Waals surface area (Å²) in [4.78, 5) is 11.0. The first kappa shape index (κ1) is 12.4. The summed E-state index contributed by atoms with van der Waals surface area (Å²) in [6.45, 7) is 2.69. The molecule has 5 heteroatoms. The van der Waals surface area contributed by atoms with Gasteiger partial charge in [0.1, 0.15) is 5.75 Å². The Morgan fingerprint density at radius 3 is 2.38 bits per heavy atom. The molecule has 0 aliphatic carbocycles. The first-order valence-corrected chi connectivity index (χ1v) is 4.61. The van der Waals surface area contributed by atoms with Crippen LogP contribution in [0.1, 0.15) is 31.4 Å². The van der Waals surface area contributed by atoms with E-state index in [0.717, 1.165) is 18.2 Å². The summed E-state index contributed by atoms with van der Waals surface area (Å²) >= 11 is 0. The highest BCUT2D eigenvalue weighted by atomic mass is 19.3. The largest absolute Gasteiger partial charge is 0.508 e. The van der Waals surface area contributed by atoms with Crippen molar-refractivity contribution in [3.63, 3.8) is 0 Å². The van der Waals surface area contributed by atoms with Gasteiger partial charge in [-0.25, -0.2) is 8.78 Å². The number of benzene rings is 1. The molecule has 2 N–H and O–H groups in total. The van der Waals surface area contributed by atoms with E-state index in [0.29, 0.717) is 0 Å². The highest BCUT2D eigenvalue weighted by Gasteiger charge is 2.32. The lowest BCUT2D eigenvalue weighted by molar-refractivity contribution is -0.142. The number of hydrogen-bond donors (Lipinski definition) is 2. The van der Waals surface area contributed by atoms with E-state index in [4.69, 9.17) is 5.11 Å². The number of rotatable bonds is 3. The third-order valence-corrected chi connectivity index (χ3v) is 2.48. The lowest BCUT2D eigenvalue weighted by Crippen LogP contribution is -2.28. The molecule has 0 amide bonds. The van der Waals surface area contributed by atoms with Crippen LogP contribution in [0.25, 0.3) is 0 Å². The number of hydrogen-bond acceptors (Lipinski definition) is 2. The zero-order valence-corrected chi connectivity index (χ0v) is 8.87. The van der Waals surface area contributed by atoms with E-state index in [2.05, 4.69) is 0 Å². The van der Waals surface area contributed by atoms with Crippen molar-refractivity contribution >= 4 is 5.97 Å². The molecule has 0 saturated heterocycles. The first-order valence-electron chi connectivity index (χ1n) is 4.61. The molecule has 0 aliphatic heterocycles. The second-order valence-electron chi connectivity index (χ2n) is 4.01. The predicted octanol–water partition coefficient (Wildman–Crippen LogP) is 2.69. The average Bonchev–Trinajstić information content (AvgIpc) is 2.17. The van der Waals surface area contributed by atoms with Gasteiger partial charge in [0.15, 0.2) is 0 Å². The fourth-order valence-corrected chi connectivity index (χ4v) is 1.31. The minimum atomic E-state index is -2.69. The summed E-state index contributed by atoms with van der Waals surface area (Å²) in [5.74, 6) is -1.48. The molecule has 0 atom stereocenters. The molecule has 0 spiro atoms. The Labute approximate surface area is 91.3 Å². The van der Waals surface area contributed by atoms with E-state index in [-0.39, 0.29) is 16.9 Å². The van der Waals surface area contributed by atoms with Crippen LogP contribution in [0.5, 0.6) is 5.75 Å². The first-order chi connectivity index (χ1) is 7.26. The number of aliphatic carboxylic acids is 1. The maximum absolute atomic E-state index is 12.4. The van der Waals surface area contributed by atoms with Gasteiger partial charge in [0.2, 0.25) is 0 Å². The highest BCUT2D eigenvalue weighted by molar-refractivity contribution is 5.81. The smallest absolute Gasteiger partial charge is 0.313 e. The molecule has 0 radical (unpaired) electrons. The molecule has 0 saturated carbocycles. The van der Waals surface area contributed by atoms with Gasteiger partial charge in [-0.2, -0.15) is 0 Å². The van der Waals surface area contributed by atoms with Gasteiger partial charge in [-0.1, -0.05) is 0 Å². The number of carbonyl (C=O) groups is 1. The summed E-state index contributed by atoms with van der Waals surface area (Å²) in [5, 5.41) is 18.4. The SMILES string of the molecule is CC(C)(C(=O)O)c1cc(C(F)F)ccc1O. The van der Waals surface area contributed by atoms with E-state index in [1.165, 1.54) is 13.8 Å². The molecular weight excluding hydrogens is 218 g/mol. The molecular formula is C11H12F2O3. The zero-order valence-electron chi connectivity index (χ0n) is 8.87. The van der Waals surface area contributed by atoms with Crippen molar-refractivity contribution in [2.45, 2.75) is 25.7 Å². The van der Waals surface area contributed by atoms with Crippen molar-refractivity contribution in [3.05, 3.63) is 29.3 Å². The number of phenols is 1. The summed E-state index contributed by atoms with van der Waals surface area (Å²) in [6, 6.07) is 3.18. The number of phenolic OH excluding ortho intramolecular Hbond substituents is 1. The lowest BCUT2D eigenvalue weighted by Gasteiger charge is -2.21. The van der Waals surface area contributed by atoms with Crippen molar-refractivity contribution in [2.75, 3.05) is 0 Å². The van der Waals surface area contributed by atoms with Crippen molar-refractivity contribution in [1.29, 1.82) is 0 Å². The second kappa shape index (κ2) is 4.08. The Balaban J connectivity index is 3.32. The van der Waals surface area contributed by atoms with Gasteiger partial charge in [-0.05, 0) is 32.0 Å². The molecule has 0 aliphatic rings. The lowest BCUT2D eigenvalue weighted by atomic mass is 9.83. The number of aromatic hydroxyl groups is 1. The fourth-order valence-electron chi connectivity index (χ4n) is 1.31. The summed E-state index contributed by atoms with van der Waals surface area (Å²) in [5.41, 5.74) is -1.73. The number of carboxylic acid groups (broad SMARTS) is 1. The van der Waals surface area contributed by atoms with Crippen LogP contribution < -0.4 is 0 Å². The monoisotopic (exact) mass is 230 g/mol. The van der Waals surface area contributed by atoms with Gasteiger partial charge < -0.3 is 10.2 Å². The van der Waals surface area contributed by atoms with E-state index < -0.39 is 17.8 Å². The van der Waals surface area contributed by atoms with Crippen LogP contribution in [0.3, 0.4) is 0 Å². The quantitative estimate of drug-likeness (QED) is 0.839. The van der Waals surface area contributed by atoms with E-state index >= 15 is 0 Å². The third kappa shape index (κ3) is 2.13. The molecule has 0 bridgehead atoms. The van der Waals surface area contributed by atoms with Crippen molar-refractivity contribution in [2.24, 2.45) is 0 Å². The van der Waals surface area contributed by atoms with Gasteiger partial charge in [0, 0.05) is 11.1 Å². The van der Waals surface area contributed by atoms with Crippen LogP contribution in [-0.4, -0.2) is 16.2 Å². The van der Waals surface area contributed by atoms with Crippen LogP contribution in [0.15, 0.2) is 18.2 Å². The summed E-state index contributed by atoms with van der Waals surface area (Å²) < 4.78 is 24.9. The van der Waals surface area contributed by atoms with Gasteiger partial charge >= 0.3 is 5.97 Å². The van der Waals surface area contributed by atoms with Crippen LogP contribution in [0.4, 0.5) is 8.78 Å². The Kier molecular flexibility index (Phi) is 3.16. The maximum Gasteiger partial charge on any atom is 0.313 e. The second-order valence-corrected chi connectivity index (χ2v) is 4.01. The Hall–Kier alpha value is -1.65. The van der Waals surface area contributed by atoms with Gasteiger partial charge in [-0.15, -0.1) is 0 Å². The topological polar surface area (TPSA) is 57.5 Å². The minimum absolute atomic E-state index is 0.0159. The number of halogens is 2. The zero-order chi connectivity index (χ0) is 12.5. The van der Waals surface area contributed by atoms with Gasteiger partial charge in [0.05, 0.1) is 5.41 Å². The Morgan fingerprint density at radius 2 is 1.94 bits per heavy atom. The minimum Gasteiger partial charge on any atom is -0.508 e. The molecule has 1 aromatic carbocycles. The maximum atomic E-state index is 12.4. The van der Waals surface area contributed by atoms with Crippen LogP contribution in [0.2, 0.25) is 0 Å². The van der Waals surface area contributed by atoms with Crippen LogP contribution >= 0.6 is 0 Å². The molecule has 0 heterocycles. The molecule has 1 aromatic rings. The summed E-state index contributed by atoms with van der Waals surface area (Å²) in [6.07, 6.45) is -2.69. The van der Waals surface area contributed by atoms with Gasteiger partial charge in [-0.3, -0.25) is 4.79 Å². The van der Waals surface area contributed by atoms with Crippen molar-refractivity contribution < 1.29 is 23.8 Å². The standard InChI is InChI=1S/C11H12F2O3/c1-11(2,10(15)16)7-5-6(9(12)13)3-4-8(7)14/h3-5,9,14H,1-2H3,(H,15,16). The molecule has 16 heavy (non-hydrogen) atoms. The van der Waals surface area contributed by atoms with E-state index in [9.17, 15) is 18.7 Å². The molecule has 0 aromatic heterocycles. The average molecular weight is 230 g/mol.